The molecule has 1 aliphatic heterocycles. The van der Waals surface area contributed by atoms with E-state index in [0.29, 0.717) is 61.5 Å². The molecular weight excluding hydrogens is 492 g/mol. The monoisotopic (exact) mass is 526 g/mol. The Balaban J connectivity index is 1.50. The lowest BCUT2D eigenvalue weighted by Gasteiger charge is -2.34. The highest BCUT2D eigenvalue weighted by molar-refractivity contribution is 7.89. The molecule has 1 fully saturated rings. The van der Waals surface area contributed by atoms with E-state index in [4.69, 9.17) is 14.2 Å². The van der Waals surface area contributed by atoms with Gasteiger partial charge in [0.25, 0.3) is 0 Å². The van der Waals surface area contributed by atoms with Crippen LogP contribution in [-0.4, -0.2) is 69.9 Å². The van der Waals surface area contributed by atoms with Crippen LogP contribution in [0.3, 0.4) is 0 Å². The molecule has 3 aromatic rings. The second kappa shape index (κ2) is 11.4. The average molecular weight is 527 g/mol. The van der Waals surface area contributed by atoms with E-state index in [2.05, 4.69) is 10.2 Å². The zero-order chi connectivity index (χ0) is 26.6. The molecular formula is C27H34N4O5S. The lowest BCUT2D eigenvalue weighted by Crippen LogP contribution is -2.49. The molecule has 0 saturated carbocycles. The first-order valence-corrected chi connectivity index (χ1v) is 13.8. The number of hydrogen-bond donors (Lipinski definition) is 0. The molecule has 0 bridgehead atoms. The maximum absolute atomic E-state index is 13.6. The van der Waals surface area contributed by atoms with Crippen LogP contribution in [0.1, 0.15) is 32.3 Å². The van der Waals surface area contributed by atoms with Gasteiger partial charge in [-0.3, -0.25) is 0 Å². The molecule has 2 heterocycles. The van der Waals surface area contributed by atoms with Crippen LogP contribution >= 0.6 is 0 Å². The Bertz CT molecular complexity index is 1320. The van der Waals surface area contributed by atoms with Crippen LogP contribution in [0, 0.1) is 0 Å². The molecule has 0 atom stereocenters. The highest BCUT2D eigenvalue weighted by atomic mass is 32.2. The average Bonchev–Trinajstić information content (AvgIpc) is 2.93. The number of rotatable bonds is 9. The van der Waals surface area contributed by atoms with Crippen molar-refractivity contribution in [2.75, 3.05) is 51.9 Å². The minimum Gasteiger partial charge on any atom is -0.497 e. The van der Waals surface area contributed by atoms with E-state index in [9.17, 15) is 8.42 Å². The first-order valence-electron chi connectivity index (χ1n) is 12.4. The third-order valence-corrected chi connectivity index (χ3v) is 8.37. The first-order chi connectivity index (χ1) is 17.8. The van der Waals surface area contributed by atoms with E-state index in [1.165, 1.54) is 4.31 Å². The summed E-state index contributed by atoms with van der Waals surface area (Å²) in [5.74, 6) is 2.67. The minimum atomic E-state index is -3.71. The summed E-state index contributed by atoms with van der Waals surface area (Å²) < 4.78 is 45.2. The molecule has 1 saturated heterocycles. The van der Waals surface area contributed by atoms with Crippen LogP contribution in [0.2, 0.25) is 0 Å². The first kappa shape index (κ1) is 26.7. The molecule has 198 valence electrons. The van der Waals surface area contributed by atoms with Crippen molar-refractivity contribution in [3.63, 3.8) is 0 Å². The standard InChI is InChI=1S/C27H34N4O5S/c1-6-36-25-10-7-20(19(2)3)17-26(25)37(32,33)31-15-13-30(14-16-31)27-12-9-23(28-29-27)22-18-21(34-4)8-11-24(22)35-5/h7-12,17-19H,6,13-16H2,1-5H3. The number of anilines is 1. The molecule has 0 N–H and O–H groups in total. The van der Waals surface area contributed by atoms with Gasteiger partial charge in [-0.2, -0.15) is 4.31 Å². The number of aromatic nitrogens is 2. The topological polar surface area (TPSA) is 94.1 Å². The highest BCUT2D eigenvalue weighted by Gasteiger charge is 2.32. The van der Waals surface area contributed by atoms with E-state index in [1.54, 1.807) is 26.4 Å². The summed E-state index contributed by atoms with van der Waals surface area (Å²) in [6.07, 6.45) is 0. The molecule has 0 radical (unpaired) electrons. The van der Waals surface area contributed by atoms with Crippen molar-refractivity contribution < 1.29 is 22.6 Å². The van der Waals surface area contributed by atoms with Crippen molar-refractivity contribution in [1.82, 2.24) is 14.5 Å². The van der Waals surface area contributed by atoms with Gasteiger partial charge in [0.1, 0.15) is 22.1 Å². The van der Waals surface area contributed by atoms with Gasteiger partial charge in [-0.15, -0.1) is 10.2 Å². The lowest BCUT2D eigenvalue weighted by atomic mass is 10.0. The van der Waals surface area contributed by atoms with Gasteiger partial charge in [0.2, 0.25) is 10.0 Å². The van der Waals surface area contributed by atoms with E-state index >= 15 is 0 Å². The number of ether oxygens (including phenoxy) is 3. The molecule has 10 heteroatoms. The Hall–Kier alpha value is -3.37. The fraction of sp³-hybridized carbons (Fsp3) is 0.407. The van der Waals surface area contributed by atoms with E-state index in [-0.39, 0.29) is 10.8 Å². The predicted molar refractivity (Wildman–Crippen MR) is 143 cm³/mol. The second-order valence-corrected chi connectivity index (χ2v) is 10.9. The molecule has 1 aromatic heterocycles. The summed E-state index contributed by atoms with van der Waals surface area (Å²) in [6.45, 7) is 8.02. The fourth-order valence-corrected chi connectivity index (χ4v) is 5.90. The summed E-state index contributed by atoms with van der Waals surface area (Å²) in [5.41, 5.74) is 2.41. The van der Waals surface area contributed by atoms with Gasteiger partial charge in [-0.05, 0) is 60.9 Å². The van der Waals surface area contributed by atoms with Crippen LogP contribution in [0.25, 0.3) is 11.3 Å². The Morgan fingerprint density at radius 2 is 1.62 bits per heavy atom. The minimum absolute atomic E-state index is 0.208. The van der Waals surface area contributed by atoms with Crippen molar-refractivity contribution in [2.45, 2.75) is 31.6 Å². The number of hydrogen-bond acceptors (Lipinski definition) is 8. The van der Waals surface area contributed by atoms with Gasteiger partial charge in [0.15, 0.2) is 5.82 Å². The summed E-state index contributed by atoms with van der Waals surface area (Å²) in [6, 6.07) is 14.7. The number of methoxy groups -OCH3 is 2. The largest absolute Gasteiger partial charge is 0.497 e. The second-order valence-electron chi connectivity index (χ2n) is 9.03. The molecule has 0 aliphatic carbocycles. The fourth-order valence-electron chi connectivity index (χ4n) is 4.31. The van der Waals surface area contributed by atoms with Crippen molar-refractivity contribution in [2.24, 2.45) is 0 Å². The zero-order valence-electron chi connectivity index (χ0n) is 22.0. The maximum Gasteiger partial charge on any atom is 0.246 e. The third-order valence-electron chi connectivity index (χ3n) is 6.45. The number of piperazine rings is 1. The van der Waals surface area contributed by atoms with Crippen LogP contribution in [0.5, 0.6) is 17.2 Å². The van der Waals surface area contributed by atoms with Crippen molar-refractivity contribution in [3.8, 4) is 28.5 Å². The van der Waals surface area contributed by atoms with Crippen molar-refractivity contribution in [3.05, 3.63) is 54.1 Å². The normalized spacial score (nSPS) is 14.6. The summed E-state index contributed by atoms with van der Waals surface area (Å²) in [5, 5.41) is 8.82. The molecule has 1 aliphatic rings. The zero-order valence-corrected chi connectivity index (χ0v) is 22.8. The summed E-state index contributed by atoms with van der Waals surface area (Å²) >= 11 is 0. The molecule has 0 amide bonds. The quantitative estimate of drug-likeness (QED) is 0.410. The smallest absolute Gasteiger partial charge is 0.246 e. The number of benzene rings is 2. The van der Waals surface area contributed by atoms with Crippen molar-refractivity contribution in [1.29, 1.82) is 0 Å². The summed E-state index contributed by atoms with van der Waals surface area (Å²) in [7, 11) is -0.496. The van der Waals surface area contributed by atoms with E-state index in [1.807, 2.05) is 62.1 Å². The molecule has 4 rings (SSSR count). The van der Waals surface area contributed by atoms with E-state index in [0.717, 1.165) is 11.1 Å². The lowest BCUT2D eigenvalue weighted by molar-refractivity contribution is 0.327. The van der Waals surface area contributed by atoms with Crippen LogP contribution in [-0.2, 0) is 10.0 Å². The van der Waals surface area contributed by atoms with Gasteiger partial charge < -0.3 is 19.1 Å². The third kappa shape index (κ3) is 5.65. The Kier molecular flexibility index (Phi) is 8.19. The molecule has 0 unspecified atom stereocenters. The van der Waals surface area contributed by atoms with Crippen LogP contribution in [0.15, 0.2) is 53.4 Å². The molecule has 9 nitrogen and oxygen atoms in total. The van der Waals surface area contributed by atoms with Gasteiger partial charge in [-0.1, -0.05) is 19.9 Å². The number of sulfonamides is 1. The maximum atomic E-state index is 13.6. The SMILES string of the molecule is CCOc1ccc(C(C)C)cc1S(=O)(=O)N1CCN(c2ccc(-c3cc(OC)ccc3OC)nn2)CC1. The van der Waals surface area contributed by atoms with E-state index < -0.39 is 10.0 Å². The molecule has 0 spiro atoms. The Labute approximate surface area is 219 Å². The summed E-state index contributed by atoms with van der Waals surface area (Å²) in [4.78, 5) is 2.27. The highest BCUT2D eigenvalue weighted by Crippen LogP contribution is 2.33. The van der Waals surface area contributed by atoms with Crippen molar-refractivity contribution >= 4 is 15.8 Å². The molecule has 37 heavy (non-hydrogen) atoms. The predicted octanol–water partition coefficient (Wildman–Crippen LogP) is 4.19. The van der Waals surface area contributed by atoms with Gasteiger partial charge in [-0.25, -0.2) is 8.42 Å². The van der Waals surface area contributed by atoms with Crippen LogP contribution < -0.4 is 19.1 Å². The van der Waals surface area contributed by atoms with Gasteiger partial charge in [0.05, 0.1) is 26.5 Å². The molecule has 2 aromatic carbocycles. The Morgan fingerprint density at radius 3 is 2.22 bits per heavy atom. The Morgan fingerprint density at radius 1 is 0.892 bits per heavy atom. The van der Waals surface area contributed by atoms with Crippen LogP contribution in [0.4, 0.5) is 5.82 Å². The van der Waals surface area contributed by atoms with Gasteiger partial charge >= 0.3 is 0 Å². The number of nitrogens with zero attached hydrogens (tertiary/aromatic N) is 4. The van der Waals surface area contributed by atoms with Gasteiger partial charge in [0, 0.05) is 31.7 Å².